The second kappa shape index (κ2) is 7.13. The Bertz CT molecular complexity index is 679. The van der Waals surface area contributed by atoms with E-state index in [1.54, 1.807) is 0 Å². The molecule has 0 aliphatic rings. The fourth-order valence-electron chi connectivity index (χ4n) is 2.93. The van der Waals surface area contributed by atoms with E-state index in [0.29, 0.717) is 0 Å². The number of halogens is 1. The van der Waals surface area contributed by atoms with Crippen LogP contribution in [0.4, 0.5) is 0 Å². The van der Waals surface area contributed by atoms with Gasteiger partial charge in [0.05, 0.1) is 10.8 Å². The molecule has 0 atom stereocenters. The molecule has 0 radical (unpaired) electrons. The topological polar surface area (TPSA) is 0 Å². The van der Waals surface area contributed by atoms with Crippen molar-refractivity contribution in [1.29, 1.82) is 0 Å². The lowest BCUT2D eigenvalue weighted by Gasteiger charge is -2.24. The van der Waals surface area contributed by atoms with Crippen molar-refractivity contribution in [3.8, 4) is 0 Å². The van der Waals surface area contributed by atoms with E-state index in [9.17, 15) is 0 Å². The zero-order valence-electron chi connectivity index (χ0n) is 13.1. The van der Waals surface area contributed by atoms with Crippen molar-refractivity contribution < 1.29 is 0 Å². The highest BCUT2D eigenvalue weighted by atomic mass is 35.5. The van der Waals surface area contributed by atoms with E-state index in [0.717, 1.165) is 5.03 Å². The van der Waals surface area contributed by atoms with Crippen LogP contribution < -0.4 is 15.9 Å². The third-order valence-corrected chi connectivity index (χ3v) is 8.24. The highest BCUT2D eigenvalue weighted by Gasteiger charge is 2.43. The lowest BCUT2D eigenvalue weighted by molar-refractivity contribution is 1.68. The Kier molecular flexibility index (Phi) is 4.96. The first-order valence-electron chi connectivity index (χ1n) is 7.64. The van der Waals surface area contributed by atoms with Crippen molar-refractivity contribution in [1.82, 2.24) is 0 Å². The molecule has 0 amide bonds. The molecule has 23 heavy (non-hydrogen) atoms. The fraction of sp³-hybridized carbons (Fsp3) is 0.0476. The number of rotatable bonds is 4. The molecule has 0 unspecified atom stereocenters. The van der Waals surface area contributed by atoms with E-state index in [1.165, 1.54) is 15.9 Å². The number of hydrogen-bond donors (Lipinski definition) is 0. The minimum atomic E-state index is -1.90. The van der Waals surface area contributed by atoms with Crippen LogP contribution in [0.15, 0.2) is 102 Å². The summed E-state index contributed by atoms with van der Waals surface area (Å²) in [6.07, 6.45) is 0. The van der Waals surface area contributed by atoms with Gasteiger partial charge >= 0.3 is 0 Å². The van der Waals surface area contributed by atoms with Crippen LogP contribution in [0, 0.1) is 0 Å². The van der Waals surface area contributed by atoms with Crippen LogP contribution in [0.5, 0.6) is 0 Å². The SMILES string of the molecule is C/C(Cl)=C\[P+](c1ccccc1)(c1ccccc1)c1ccccc1. The summed E-state index contributed by atoms with van der Waals surface area (Å²) in [7, 11) is -1.90. The first-order chi connectivity index (χ1) is 11.2. The van der Waals surface area contributed by atoms with E-state index in [-0.39, 0.29) is 0 Å². The molecule has 0 spiro atoms. The van der Waals surface area contributed by atoms with Gasteiger partial charge in [0.25, 0.3) is 0 Å². The van der Waals surface area contributed by atoms with Gasteiger partial charge < -0.3 is 0 Å². The van der Waals surface area contributed by atoms with Crippen molar-refractivity contribution in [2.45, 2.75) is 6.92 Å². The second-order valence-corrected chi connectivity index (χ2v) is 9.29. The van der Waals surface area contributed by atoms with Crippen LogP contribution in [-0.2, 0) is 0 Å². The minimum absolute atomic E-state index is 0.829. The highest BCUT2D eigenvalue weighted by Crippen LogP contribution is 2.57. The van der Waals surface area contributed by atoms with E-state index >= 15 is 0 Å². The van der Waals surface area contributed by atoms with Gasteiger partial charge in [-0.1, -0.05) is 66.2 Å². The Morgan fingerprint density at radius 3 is 1.22 bits per heavy atom. The third kappa shape index (κ3) is 3.24. The molecule has 2 heteroatoms. The molecule has 3 aromatic rings. The van der Waals surface area contributed by atoms with Gasteiger partial charge in [-0.05, 0) is 43.3 Å². The first kappa shape index (κ1) is 16.0. The molecule has 3 aromatic carbocycles. The summed E-state index contributed by atoms with van der Waals surface area (Å²) in [4.78, 5) is 0. The maximum atomic E-state index is 6.40. The van der Waals surface area contributed by atoms with E-state index in [2.05, 4.69) is 96.8 Å². The Hall–Kier alpha value is -1.88. The van der Waals surface area contributed by atoms with Gasteiger partial charge in [0.15, 0.2) is 0 Å². The van der Waals surface area contributed by atoms with Crippen molar-refractivity contribution in [3.63, 3.8) is 0 Å². The van der Waals surface area contributed by atoms with Crippen LogP contribution >= 0.6 is 18.9 Å². The van der Waals surface area contributed by atoms with Gasteiger partial charge in [0, 0.05) is 0 Å². The molecule has 0 aromatic heterocycles. The van der Waals surface area contributed by atoms with Gasteiger partial charge in [-0.3, -0.25) is 0 Å². The normalized spacial score (nSPS) is 12.2. The smallest absolute Gasteiger partial charge is 0.0858 e. The van der Waals surface area contributed by atoms with Gasteiger partial charge in [-0.25, -0.2) is 0 Å². The predicted molar refractivity (Wildman–Crippen MR) is 105 cm³/mol. The molecule has 0 fully saturated rings. The Morgan fingerprint density at radius 2 is 0.957 bits per heavy atom. The summed E-state index contributed by atoms with van der Waals surface area (Å²) >= 11 is 6.40. The third-order valence-electron chi connectivity index (χ3n) is 3.86. The summed E-state index contributed by atoms with van der Waals surface area (Å²) in [6, 6.07) is 32.1. The summed E-state index contributed by atoms with van der Waals surface area (Å²) in [5, 5.41) is 4.78. The van der Waals surface area contributed by atoms with Crippen LogP contribution in [-0.4, -0.2) is 0 Å². The molecule has 0 nitrogen and oxygen atoms in total. The molecule has 0 heterocycles. The summed E-state index contributed by atoms with van der Waals surface area (Å²) in [5.41, 5.74) is 0. The van der Waals surface area contributed by atoms with Crippen molar-refractivity contribution in [2.24, 2.45) is 0 Å². The summed E-state index contributed by atoms with van der Waals surface area (Å²) in [6.45, 7) is 1.96. The molecular weight excluding hydrogens is 319 g/mol. The molecule has 3 rings (SSSR count). The second-order valence-electron chi connectivity index (χ2n) is 5.45. The molecule has 0 aliphatic heterocycles. The van der Waals surface area contributed by atoms with Crippen molar-refractivity contribution in [2.75, 3.05) is 0 Å². The lowest BCUT2D eigenvalue weighted by atomic mass is 10.4. The largest absolute Gasteiger partial charge is 0.138 e. The fourth-order valence-corrected chi connectivity index (χ4v) is 7.17. The highest BCUT2D eigenvalue weighted by molar-refractivity contribution is 7.98. The average Bonchev–Trinajstić information content (AvgIpc) is 2.62. The van der Waals surface area contributed by atoms with Gasteiger partial charge in [0.2, 0.25) is 0 Å². The molecule has 0 bridgehead atoms. The Labute approximate surface area is 143 Å². The van der Waals surface area contributed by atoms with Crippen molar-refractivity contribution >= 4 is 34.8 Å². The molecular formula is C21H19ClP+. The quantitative estimate of drug-likeness (QED) is 0.582. The Balaban J connectivity index is 2.38. The lowest BCUT2D eigenvalue weighted by Crippen LogP contribution is -2.29. The summed E-state index contributed by atoms with van der Waals surface area (Å²) < 4.78 is 0. The van der Waals surface area contributed by atoms with Gasteiger partial charge in [-0.2, -0.15) is 0 Å². The molecule has 0 saturated heterocycles. The Morgan fingerprint density at radius 1 is 0.652 bits per heavy atom. The standard InChI is InChI=1S/C21H19ClP/c1-18(22)17-23(19-11-5-2-6-12-19,20-13-7-3-8-14-20)21-15-9-4-10-16-21/h2-17H,1H3/q+1/b18-17+. The zero-order chi connectivity index (χ0) is 16.1. The van der Waals surface area contributed by atoms with E-state index < -0.39 is 7.26 Å². The molecule has 0 aliphatic carbocycles. The minimum Gasteiger partial charge on any atom is -0.0858 e. The maximum absolute atomic E-state index is 6.40. The zero-order valence-corrected chi connectivity index (χ0v) is 14.7. The molecule has 114 valence electrons. The number of hydrogen-bond acceptors (Lipinski definition) is 0. The monoisotopic (exact) mass is 337 g/mol. The average molecular weight is 338 g/mol. The first-order valence-corrected chi connectivity index (χ1v) is 9.87. The van der Waals surface area contributed by atoms with Gasteiger partial charge in [-0.15, -0.1) is 0 Å². The van der Waals surface area contributed by atoms with E-state index in [1.807, 2.05) is 6.92 Å². The van der Waals surface area contributed by atoms with Crippen LogP contribution in [0.3, 0.4) is 0 Å². The van der Waals surface area contributed by atoms with Crippen molar-refractivity contribution in [3.05, 3.63) is 102 Å². The summed E-state index contributed by atoms with van der Waals surface area (Å²) in [5.74, 6) is 2.26. The number of benzene rings is 3. The van der Waals surface area contributed by atoms with Gasteiger partial charge in [0.1, 0.15) is 23.2 Å². The molecule has 0 saturated carbocycles. The maximum Gasteiger partial charge on any atom is 0.138 e. The van der Waals surface area contributed by atoms with Crippen LogP contribution in [0.1, 0.15) is 6.92 Å². The predicted octanol–water partition coefficient (Wildman–Crippen LogP) is 5.08. The molecule has 0 N–H and O–H groups in total. The number of allylic oxidation sites excluding steroid dienone is 1. The van der Waals surface area contributed by atoms with Crippen LogP contribution in [0.2, 0.25) is 0 Å². The van der Waals surface area contributed by atoms with E-state index in [4.69, 9.17) is 11.6 Å². The van der Waals surface area contributed by atoms with Crippen LogP contribution in [0.25, 0.3) is 0 Å².